The molecule has 3 rings (SSSR count). The summed E-state index contributed by atoms with van der Waals surface area (Å²) >= 11 is 0. The Kier molecular flexibility index (Phi) is 8.10. The Morgan fingerprint density at radius 1 is 1.15 bits per heavy atom. The lowest BCUT2D eigenvalue weighted by molar-refractivity contribution is 0.0356. The van der Waals surface area contributed by atoms with Crippen LogP contribution in [-0.4, -0.2) is 74.0 Å². The van der Waals surface area contributed by atoms with E-state index in [1.54, 1.807) is 0 Å². The fourth-order valence-corrected chi connectivity index (χ4v) is 3.78. The molecule has 0 spiro atoms. The number of nitrogens with one attached hydrogen (secondary N) is 1. The van der Waals surface area contributed by atoms with Crippen LogP contribution in [0.1, 0.15) is 44.4 Å². The molecule has 0 amide bonds. The van der Waals surface area contributed by atoms with Crippen molar-refractivity contribution in [1.29, 1.82) is 0 Å². The molecule has 1 saturated heterocycles. The maximum absolute atomic E-state index is 5.98. The lowest BCUT2D eigenvalue weighted by atomic mass is 10.1. The summed E-state index contributed by atoms with van der Waals surface area (Å²) in [6.07, 6.45) is 4.22. The Labute approximate surface area is 163 Å². The molecule has 7 nitrogen and oxygen atoms in total. The number of aromatic nitrogens is 2. The van der Waals surface area contributed by atoms with Gasteiger partial charge in [0.25, 0.3) is 0 Å². The van der Waals surface area contributed by atoms with Crippen LogP contribution in [0.4, 0.5) is 5.82 Å². The summed E-state index contributed by atoms with van der Waals surface area (Å²) in [7, 11) is 0. The highest BCUT2D eigenvalue weighted by molar-refractivity contribution is 5.51. The van der Waals surface area contributed by atoms with Gasteiger partial charge in [0.15, 0.2) is 0 Å². The van der Waals surface area contributed by atoms with Crippen molar-refractivity contribution in [3.63, 3.8) is 0 Å². The summed E-state index contributed by atoms with van der Waals surface area (Å²) in [6, 6.07) is 0.534. The van der Waals surface area contributed by atoms with Crippen molar-refractivity contribution < 1.29 is 9.47 Å². The number of rotatable bonds is 10. The Morgan fingerprint density at radius 3 is 2.67 bits per heavy atom. The Hall–Kier alpha value is -1.44. The molecule has 1 fully saturated rings. The molecule has 0 aromatic carbocycles. The first-order valence-electron chi connectivity index (χ1n) is 10.6. The number of fused-ring (bicyclic) bond motifs is 1. The van der Waals surface area contributed by atoms with E-state index >= 15 is 0 Å². The van der Waals surface area contributed by atoms with Gasteiger partial charge >= 0.3 is 6.01 Å². The van der Waals surface area contributed by atoms with Gasteiger partial charge in [-0.3, -0.25) is 4.90 Å². The molecule has 1 N–H and O–H groups in total. The average molecular weight is 378 g/mol. The number of morpholine rings is 1. The second-order valence-corrected chi connectivity index (χ2v) is 7.32. The molecule has 0 unspecified atom stereocenters. The molecule has 152 valence electrons. The van der Waals surface area contributed by atoms with Crippen LogP contribution in [-0.2, 0) is 17.7 Å². The molecule has 0 bridgehead atoms. The Balaban J connectivity index is 1.64. The molecule has 0 aliphatic carbocycles. The van der Waals surface area contributed by atoms with Crippen molar-refractivity contribution in [1.82, 2.24) is 20.2 Å². The third-order valence-corrected chi connectivity index (χ3v) is 5.13. The predicted molar refractivity (Wildman–Crippen MR) is 108 cm³/mol. The van der Waals surface area contributed by atoms with Gasteiger partial charge < -0.3 is 19.7 Å². The minimum absolute atomic E-state index is 0.534. The number of hydrogen-bond donors (Lipinski definition) is 1. The van der Waals surface area contributed by atoms with E-state index in [1.165, 1.54) is 5.56 Å². The number of hydrogen-bond acceptors (Lipinski definition) is 7. The molecule has 0 radical (unpaired) electrons. The van der Waals surface area contributed by atoms with E-state index in [0.29, 0.717) is 12.6 Å². The lowest BCUT2D eigenvalue weighted by Gasteiger charge is -2.28. The zero-order valence-corrected chi connectivity index (χ0v) is 17.0. The van der Waals surface area contributed by atoms with Crippen LogP contribution in [0, 0.1) is 0 Å². The van der Waals surface area contributed by atoms with Gasteiger partial charge in [-0.05, 0) is 32.2 Å². The standard InChI is InChI=1S/C20H35N5O2/c1-3-8-25(9-4-2)19-17-6-7-21-16-18(17)22-20(23-19)27-13-5-10-24-11-14-26-15-12-24/h21H,3-16H2,1-2H3. The molecular formula is C20H35N5O2. The van der Waals surface area contributed by atoms with Crippen molar-refractivity contribution in [3.05, 3.63) is 11.3 Å². The van der Waals surface area contributed by atoms with Crippen molar-refractivity contribution in [2.75, 3.05) is 64.0 Å². The van der Waals surface area contributed by atoms with E-state index in [-0.39, 0.29) is 0 Å². The Morgan fingerprint density at radius 2 is 1.93 bits per heavy atom. The van der Waals surface area contributed by atoms with Crippen molar-refractivity contribution in [2.24, 2.45) is 0 Å². The third-order valence-electron chi connectivity index (χ3n) is 5.13. The maximum Gasteiger partial charge on any atom is 0.318 e. The Bertz CT molecular complexity index is 572. The van der Waals surface area contributed by atoms with Gasteiger partial charge in [-0.25, -0.2) is 0 Å². The van der Waals surface area contributed by atoms with Gasteiger partial charge in [-0.2, -0.15) is 9.97 Å². The molecule has 2 aliphatic rings. The van der Waals surface area contributed by atoms with Gasteiger partial charge in [0, 0.05) is 44.8 Å². The van der Waals surface area contributed by atoms with Gasteiger partial charge in [0.1, 0.15) is 5.82 Å². The molecule has 1 aromatic rings. The minimum Gasteiger partial charge on any atom is -0.463 e. The monoisotopic (exact) mass is 377 g/mol. The zero-order chi connectivity index (χ0) is 18.9. The fourth-order valence-electron chi connectivity index (χ4n) is 3.78. The van der Waals surface area contributed by atoms with Gasteiger partial charge in [0.2, 0.25) is 0 Å². The van der Waals surface area contributed by atoms with Crippen LogP contribution in [0.25, 0.3) is 0 Å². The molecule has 7 heteroatoms. The normalized spacial score (nSPS) is 17.6. The first-order chi connectivity index (χ1) is 13.3. The van der Waals surface area contributed by atoms with Gasteiger partial charge in [-0.15, -0.1) is 0 Å². The van der Waals surface area contributed by atoms with Crippen molar-refractivity contribution in [2.45, 2.75) is 46.1 Å². The summed E-state index contributed by atoms with van der Waals surface area (Å²) in [5.41, 5.74) is 2.41. The molecule has 1 aromatic heterocycles. The molecule has 2 aliphatic heterocycles. The predicted octanol–water partition coefficient (Wildman–Crippen LogP) is 1.85. The first-order valence-corrected chi connectivity index (χ1v) is 10.6. The second kappa shape index (κ2) is 10.8. The fraction of sp³-hybridized carbons (Fsp3) is 0.800. The number of ether oxygens (including phenoxy) is 2. The summed E-state index contributed by atoms with van der Waals surface area (Å²) in [6.45, 7) is 13.7. The zero-order valence-electron chi connectivity index (χ0n) is 17.0. The van der Waals surface area contributed by atoms with Crippen molar-refractivity contribution >= 4 is 5.82 Å². The van der Waals surface area contributed by atoms with E-state index in [1.807, 2.05) is 0 Å². The maximum atomic E-state index is 5.98. The van der Waals surface area contributed by atoms with Crippen molar-refractivity contribution in [3.8, 4) is 6.01 Å². The third kappa shape index (κ3) is 5.77. The number of nitrogens with zero attached hydrogens (tertiary/aromatic N) is 4. The van der Waals surface area contributed by atoms with E-state index in [9.17, 15) is 0 Å². The van der Waals surface area contributed by atoms with Crippen LogP contribution in [0.2, 0.25) is 0 Å². The smallest absolute Gasteiger partial charge is 0.318 e. The van der Waals surface area contributed by atoms with Gasteiger partial charge in [0.05, 0.1) is 25.5 Å². The van der Waals surface area contributed by atoms with E-state index < -0.39 is 0 Å². The molecule has 0 atom stereocenters. The van der Waals surface area contributed by atoms with Gasteiger partial charge in [-0.1, -0.05) is 13.8 Å². The SMILES string of the molecule is CCCN(CCC)c1nc(OCCCN2CCOCC2)nc2c1CCNC2. The summed E-state index contributed by atoms with van der Waals surface area (Å²) in [4.78, 5) is 14.4. The van der Waals surface area contributed by atoms with Crippen LogP contribution in [0.3, 0.4) is 0 Å². The molecular weight excluding hydrogens is 342 g/mol. The topological polar surface area (TPSA) is 62.8 Å². The van der Waals surface area contributed by atoms with Crippen LogP contribution >= 0.6 is 0 Å². The van der Waals surface area contributed by atoms with E-state index in [2.05, 4.69) is 29.0 Å². The minimum atomic E-state index is 0.534. The first kappa shape index (κ1) is 20.3. The summed E-state index contributed by atoms with van der Waals surface area (Å²) < 4.78 is 11.4. The van der Waals surface area contributed by atoms with E-state index in [4.69, 9.17) is 19.4 Å². The molecule has 0 saturated carbocycles. The lowest BCUT2D eigenvalue weighted by Crippen LogP contribution is -2.37. The van der Waals surface area contributed by atoms with E-state index in [0.717, 1.165) is 96.2 Å². The highest BCUT2D eigenvalue weighted by Gasteiger charge is 2.21. The summed E-state index contributed by atoms with van der Waals surface area (Å²) in [5, 5.41) is 3.43. The second-order valence-electron chi connectivity index (χ2n) is 7.32. The molecule has 3 heterocycles. The van der Waals surface area contributed by atoms with Crippen LogP contribution in [0.5, 0.6) is 6.01 Å². The quantitative estimate of drug-likeness (QED) is 0.624. The van der Waals surface area contributed by atoms with Crippen LogP contribution in [0.15, 0.2) is 0 Å². The highest BCUT2D eigenvalue weighted by Crippen LogP contribution is 2.26. The number of anilines is 1. The highest BCUT2D eigenvalue weighted by atomic mass is 16.5. The van der Waals surface area contributed by atoms with Crippen LogP contribution < -0.4 is 15.0 Å². The average Bonchev–Trinajstić information content (AvgIpc) is 2.71. The largest absolute Gasteiger partial charge is 0.463 e. The summed E-state index contributed by atoms with van der Waals surface area (Å²) in [5.74, 6) is 1.09. The molecule has 27 heavy (non-hydrogen) atoms.